The fourth-order valence-electron chi connectivity index (χ4n) is 3.08. The van der Waals surface area contributed by atoms with E-state index in [9.17, 15) is 4.79 Å². The van der Waals surface area contributed by atoms with Crippen molar-refractivity contribution in [2.24, 2.45) is 5.92 Å². The Labute approximate surface area is 121 Å². The zero-order valence-electron chi connectivity index (χ0n) is 12.6. The van der Waals surface area contributed by atoms with Crippen LogP contribution in [0.25, 0.3) is 0 Å². The highest BCUT2D eigenvalue weighted by Crippen LogP contribution is 2.31. The van der Waals surface area contributed by atoms with Crippen molar-refractivity contribution in [3.63, 3.8) is 0 Å². The Balaban J connectivity index is 2.03. The van der Waals surface area contributed by atoms with E-state index in [4.69, 9.17) is 5.73 Å². The maximum absolute atomic E-state index is 12.2. The van der Waals surface area contributed by atoms with Gasteiger partial charge in [0, 0.05) is 12.1 Å². The van der Waals surface area contributed by atoms with Gasteiger partial charge in [-0.05, 0) is 48.4 Å². The molecule has 0 heterocycles. The lowest BCUT2D eigenvalue weighted by Crippen LogP contribution is -2.32. The predicted molar refractivity (Wildman–Crippen MR) is 83.4 cm³/mol. The topological polar surface area (TPSA) is 55.1 Å². The fraction of sp³-hybridized carbons (Fsp3) is 0.588. The number of aryl methyl sites for hydroxylation is 1. The molecule has 110 valence electrons. The SMILES string of the molecule is CCC(CC)CC(=O)NC1CCCc2cc(N)ccc21. The van der Waals surface area contributed by atoms with Crippen molar-refractivity contribution in [2.45, 2.75) is 58.4 Å². The minimum Gasteiger partial charge on any atom is -0.399 e. The van der Waals surface area contributed by atoms with Crippen LogP contribution in [0.15, 0.2) is 18.2 Å². The maximum Gasteiger partial charge on any atom is 0.220 e. The summed E-state index contributed by atoms with van der Waals surface area (Å²) in [4.78, 5) is 12.2. The third kappa shape index (κ3) is 3.53. The normalized spacial score (nSPS) is 17.9. The summed E-state index contributed by atoms with van der Waals surface area (Å²) in [6.45, 7) is 4.31. The molecule has 3 N–H and O–H groups in total. The monoisotopic (exact) mass is 274 g/mol. The molecule has 0 fully saturated rings. The Bertz CT molecular complexity index is 466. The summed E-state index contributed by atoms with van der Waals surface area (Å²) in [6.07, 6.45) is 6.01. The minimum absolute atomic E-state index is 0.168. The van der Waals surface area contributed by atoms with Gasteiger partial charge in [-0.2, -0.15) is 0 Å². The smallest absolute Gasteiger partial charge is 0.220 e. The van der Waals surface area contributed by atoms with E-state index in [0.717, 1.165) is 37.8 Å². The van der Waals surface area contributed by atoms with Crippen molar-refractivity contribution in [1.82, 2.24) is 5.32 Å². The molecular formula is C17H26N2O. The van der Waals surface area contributed by atoms with Crippen LogP contribution in [0.4, 0.5) is 5.69 Å². The molecule has 1 aromatic rings. The van der Waals surface area contributed by atoms with Crippen molar-refractivity contribution in [2.75, 3.05) is 5.73 Å². The number of amides is 1. The second-order valence-corrected chi connectivity index (χ2v) is 5.86. The van der Waals surface area contributed by atoms with Crippen molar-refractivity contribution >= 4 is 11.6 Å². The molecule has 0 bridgehead atoms. The van der Waals surface area contributed by atoms with E-state index in [-0.39, 0.29) is 11.9 Å². The molecule has 1 aliphatic carbocycles. The molecule has 0 saturated heterocycles. The molecule has 3 nitrogen and oxygen atoms in total. The van der Waals surface area contributed by atoms with Crippen molar-refractivity contribution in [3.8, 4) is 0 Å². The number of anilines is 1. The molecule has 1 amide bonds. The highest BCUT2D eigenvalue weighted by molar-refractivity contribution is 5.76. The lowest BCUT2D eigenvalue weighted by atomic mass is 9.87. The van der Waals surface area contributed by atoms with Crippen LogP contribution in [0.5, 0.6) is 0 Å². The van der Waals surface area contributed by atoms with E-state index < -0.39 is 0 Å². The second kappa shape index (κ2) is 6.78. The van der Waals surface area contributed by atoms with Crippen LogP contribution in [0.1, 0.15) is 63.1 Å². The Kier molecular flexibility index (Phi) is 5.05. The van der Waals surface area contributed by atoms with Crippen LogP contribution >= 0.6 is 0 Å². The van der Waals surface area contributed by atoms with E-state index >= 15 is 0 Å². The molecule has 0 aromatic heterocycles. The van der Waals surface area contributed by atoms with Crippen molar-refractivity contribution in [3.05, 3.63) is 29.3 Å². The molecule has 0 saturated carbocycles. The molecule has 1 unspecified atom stereocenters. The number of hydrogen-bond donors (Lipinski definition) is 2. The molecule has 1 atom stereocenters. The average Bonchev–Trinajstić information content (AvgIpc) is 2.44. The Morgan fingerprint density at radius 2 is 2.15 bits per heavy atom. The van der Waals surface area contributed by atoms with Crippen LogP contribution < -0.4 is 11.1 Å². The van der Waals surface area contributed by atoms with E-state index in [0.29, 0.717) is 12.3 Å². The van der Waals surface area contributed by atoms with Gasteiger partial charge in [-0.1, -0.05) is 32.8 Å². The van der Waals surface area contributed by atoms with E-state index in [1.165, 1.54) is 11.1 Å². The first-order valence-corrected chi connectivity index (χ1v) is 7.81. The summed E-state index contributed by atoms with van der Waals surface area (Å²) in [6, 6.07) is 6.23. The molecule has 0 radical (unpaired) electrons. The molecule has 1 aliphatic rings. The number of carbonyl (C=O) groups is 1. The van der Waals surface area contributed by atoms with Crippen LogP contribution in [0.2, 0.25) is 0 Å². The number of hydrogen-bond acceptors (Lipinski definition) is 2. The number of nitrogens with two attached hydrogens (primary N) is 1. The largest absolute Gasteiger partial charge is 0.399 e. The molecule has 0 spiro atoms. The van der Waals surface area contributed by atoms with Crippen LogP contribution in [0, 0.1) is 5.92 Å². The van der Waals surface area contributed by atoms with E-state index in [1.54, 1.807) is 0 Å². The lowest BCUT2D eigenvalue weighted by Gasteiger charge is -2.27. The second-order valence-electron chi connectivity index (χ2n) is 5.86. The Hall–Kier alpha value is -1.51. The summed E-state index contributed by atoms with van der Waals surface area (Å²) < 4.78 is 0. The number of nitrogens with one attached hydrogen (secondary N) is 1. The standard InChI is InChI=1S/C17H26N2O/c1-3-12(4-2)10-17(20)19-16-7-5-6-13-11-14(18)8-9-15(13)16/h8-9,11-12,16H,3-7,10,18H2,1-2H3,(H,19,20). The van der Waals surface area contributed by atoms with Gasteiger partial charge in [0.2, 0.25) is 5.91 Å². The molecule has 3 heteroatoms. The highest BCUT2D eigenvalue weighted by atomic mass is 16.1. The number of benzene rings is 1. The van der Waals surface area contributed by atoms with E-state index in [1.807, 2.05) is 6.07 Å². The lowest BCUT2D eigenvalue weighted by molar-refractivity contribution is -0.122. The Morgan fingerprint density at radius 3 is 2.85 bits per heavy atom. The third-order valence-corrected chi connectivity index (χ3v) is 4.45. The molecule has 2 rings (SSSR count). The summed E-state index contributed by atoms with van der Waals surface area (Å²) in [5.74, 6) is 0.692. The summed E-state index contributed by atoms with van der Waals surface area (Å²) in [5, 5.41) is 3.21. The molecule has 1 aromatic carbocycles. The highest BCUT2D eigenvalue weighted by Gasteiger charge is 2.22. The van der Waals surface area contributed by atoms with E-state index in [2.05, 4.69) is 31.3 Å². The zero-order valence-corrected chi connectivity index (χ0v) is 12.6. The quantitative estimate of drug-likeness (QED) is 0.806. The van der Waals surface area contributed by atoms with Crippen molar-refractivity contribution < 1.29 is 4.79 Å². The summed E-state index contributed by atoms with van der Waals surface area (Å²) in [5.41, 5.74) is 9.20. The van der Waals surface area contributed by atoms with Crippen LogP contribution in [-0.4, -0.2) is 5.91 Å². The van der Waals surface area contributed by atoms with Crippen LogP contribution in [-0.2, 0) is 11.2 Å². The van der Waals surface area contributed by atoms with Gasteiger partial charge in [0.15, 0.2) is 0 Å². The van der Waals surface area contributed by atoms with Crippen molar-refractivity contribution in [1.29, 1.82) is 0 Å². The fourth-order valence-corrected chi connectivity index (χ4v) is 3.08. The first-order valence-electron chi connectivity index (χ1n) is 7.81. The number of carbonyl (C=O) groups excluding carboxylic acids is 1. The van der Waals surface area contributed by atoms with Gasteiger partial charge >= 0.3 is 0 Å². The van der Waals surface area contributed by atoms with Gasteiger partial charge in [-0.15, -0.1) is 0 Å². The Morgan fingerprint density at radius 1 is 1.40 bits per heavy atom. The van der Waals surface area contributed by atoms with Gasteiger partial charge in [-0.3, -0.25) is 4.79 Å². The molecular weight excluding hydrogens is 248 g/mol. The maximum atomic E-state index is 12.2. The molecule has 0 aliphatic heterocycles. The summed E-state index contributed by atoms with van der Waals surface area (Å²) in [7, 11) is 0. The number of fused-ring (bicyclic) bond motifs is 1. The summed E-state index contributed by atoms with van der Waals surface area (Å²) >= 11 is 0. The third-order valence-electron chi connectivity index (χ3n) is 4.45. The minimum atomic E-state index is 0.168. The van der Waals surface area contributed by atoms with Crippen LogP contribution in [0.3, 0.4) is 0 Å². The van der Waals surface area contributed by atoms with Gasteiger partial charge < -0.3 is 11.1 Å². The van der Waals surface area contributed by atoms with Gasteiger partial charge in [0.05, 0.1) is 6.04 Å². The molecule has 20 heavy (non-hydrogen) atoms. The van der Waals surface area contributed by atoms with Gasteiger partial charge in [-0.25, -0.2) is 0 Å². The van der Waals surface area contributed by atoms with Gasteiger partial charge in [0.25, 0.3) is 0 Å². The first-order chi connectivity index (χ1) is 9.63. The zero-order chi connectivity index (χ0) is 14.5. The number of rotatable bonds is 5. The van der Waals surface area contributed by atoms with Gasteiger partial charge in [0.1, 0.15) is 0 Å². The average molecular weight is 274 g/mol. The predicted octanol–water partition coefficient (Wildman–Crippen LogP) is 3.59. The first kappa shape index (κ1) is 14.9. The number of nitrogen functional groups attached to an aromatic ring is 1.